The second kappa shape index (κ2) is 9.03. The van der Waals surface area contributed by atoms with Crippen LogP contribution in [0.1, 0.15) is 35.5 Å². The van der Waals surface area contributed by atoms with E-state index in [1.807, 2.05) is 13.0 Å². The van der Waals surface area contributed by atoms with Crippen LogP contribution in [0.5, 0.6) is 0 Å². The van der Waals surface area contributed by atoms with Crippen LogP contribution in [0, 0.1) is 0 Å². The molecule has 1 atom stereocenters. The zero-order valence-electron chi connectivity index (χ0n) is 18.2. The zero-order chi connectivity index (χ0) is 23.6. The second-order valence-electron chi connectivity index (χ2n) is 7.58. The van der Waals surface area contributed by atoms with Crippen LogP contribution in [0.4, 0.5) is 10.5 Å². The van der Waals surface area contributed by atoms with Gasteiger partial charge in [0.05, 0.1) is 6.61 Å². The van der Waals surface area contributed by atoms with Gasteiger partial charge in [0.25, 0.3) is 5.91 Å². The molecule has 0 saturated carbocycles. The number of hydrogen-bond acceptors (Lipinski definition) is 6. The highest BCUT2D eigenvalue weighted by Crippen LogP contribution is 2.32. The fourth-order valence-corrected chi connectivity index (χ4v) is 4.84. The van der Waals surface area contributed by atoms with E-state index in [1.165, 1.54) is 11.3 Å². The van der Waals surface area contributed by atoms with Crippen molar-refractivity contribution in [3.05, 3.63) is 65.0 Å². The smallest absolute Gasteiger partial charge is 0.348 e. The lowest BCUT2D eigenvalue weighted by Crippen LogP contribution is -2.44. The SMILES string of the molecule is CCOC(=O)c1cc2cc(NC(=O)CN3C(=O)NC(CC)(c4ccccc4)C3=O)ccc2s1. The van der Waals surface area contributed by atoms with Gasteiger partial charge >= 0.3 is 12.0 Å². The molecule has 2 heterocycles. The van der Waals surface area contributed by atoms with E-state index in [1.54, 1.807) is 55.5 Å². The lowest BCUT2D eigenvalue weighted by Gasteiger charge is -2.25. The number of nitrogens with one attached hydrogen (secondary N) is 2. The zero-order valence-corrected chi connectivity index (χ0v) is 19.0. The summed E-state index contributed by atoms with van der Waals surface area (Å²) < 4.78 is 5.91. The first kappa shape index (κ1) is 22.5. The first-order valence-electron chi connectivity index (χ1n) is 10.6. The maximum absolute atomic E-state index is 13.2. The van der Waals surface area contributed by atoms with Gasteiger partial charge in [-0.05, 0) is 48.6 Å². The number of ether oxygens (including phenoxy) is 1. The molecule has 4 rings (SSSR count). The number of urea groups is 1. The number of benzene rings is 2. The van der Waals surface area contributed by atoms with Crippen LogP contribution in [0.15, 0.2) is 54.6 Å². The predicted octanol–water partition coefficient (Wildman–Crippen LogP) is 3.87. The monoisotopic (exact) mass is 465 g/mol. The molecule has 3 aromatic rings. The number of fused-ring (bicyclic) bond motifs is 1. The predicted molar refractivity (Wildman–Crippen MR) is 125 cm³/mol. The van der Waals surface area contributed by atoms with Crippen LogP contribution >= 0.6 is 11.3 Å². The highest BCUT2D eigenvalue weighted by atomic mass is 32.1. The van der Waals surface area contributed by atoms with Crippen molar-refractivity contribution in [2.45, 2.75) is 25.8 Å². The summed E-state index contributed by atoms with van der Waals surface area (Å²) in [6.07, 6.45) is 0.358. The fraction of sp³-hybridized carbons (Fsp3) is 0.250. The Hall–Kier alpha value is -3.72. The highest BCUT2D eigenvalue weighted by molar-refractivity contribution is 7.20. The normalized spacial score (nSPS) is 17.8. The highest BCUT2D eigenvalue weighted by Gasteiger charge is 2.51. The summed E-state index contributed by atoms with van der Waals surface area (Å²) in [5.41, 5.74) is -0.0100. The van der Waals surface area contributed by atoms with E-state index in [2.05, 4.69) is 10.6 Å². The lowest BCUT2D eigenvalue weighted by molar-refractivity contribution is -0.134. The van der Waals surface area contributed by atoms with Crippen LogP contribution in [0.2, 0.25) is 0 Å². The van der Waals surface area contributed by atoms with Gasteiger partial charge in [-0.25, -0.2) is 9.59 Å². The van der Waals surface area contributed by atoms with E-state index in [9.17, 15) is 19.2 Å². The molecule has 33 heavy (non-hydrogen) atoms. The molecule has 0 radical (unpaired) electrons. The standard InChI is InChI=1S/C24H23N3O5S/c1-3-24(16-8-6-5-7-9-16)22(30)27(23(31)26-24)14-20(28)25-17-10-11-18-15(12-17)13-19(33-18)21(29)32-4-2/h5-13H,3-4,14H2,1-2H3,(H,25,28)(H,26,31). The summed E-state index contributed by atoms with van der Waals surface area (Å²) in [6, 6.07) is 15.3. The molecule has 2 N–H and O–H groups in total. The average Bonchev–Trinajstić information content (AvgIpc) is 3.34. The Morgan fingerprint density at radius 1 is 1.09 bits per heavy atom. The first-order valence-corrected chi connectivity index (χ1v) is 11.4. The van der Waals surface area contributed by atoms with Crippen molar-refractivity contribution in [2.24, 2.45) is 0 Å². The third-order valence-corrected chi connectivity index (χ3v) is 6.65. The fourth-order valence-electron chi connectivity index (χ4n) is 3.90. The van der Waals surface area contributed by atoms with Crippen LogP contribution < -0.4 is 10.6 Å². The van der Waals surface area contributed by atoms with Crippen molar-refractivity contribution in [1.82, 2.24) is 10.2 Å². The number of rotatable bonds is 7. The average molecular weight is 466 g/mol. The molecule has 8 nitrogen and oxygen atoms in total. The third kappa shape index (κ3) is 4.19. The molecule has 4 amide bonds. The number of carbonyl (C=O) groups excluding carboxylic acids is 4. The number of amides is 4. The summed E-state index contributed by atoms with van der Waals surface area (Å²) in [6.45, 7) is 3.44. The Kier molecular flexibility index (Phi) is 6.15. The molecule has 1 aromatic heterocycles. The number of thiophene rings is 1. The van der Waals surface area contributed by atoms with E-state index < -0.39 is 29.9 Å². The number of carbonyl (C=O) groups is 4. The van der Waals surface area contributed by atoms with Gasteiger partial charge in [-0.3, -0.25) is 14.5 Å². The molecule has 0 bridgehead atoms. The van der Waals surface area contributed by atoms with Crippen molar-refractivity contribution >= 4 is 50.9 Å². The van der Waals surface area contributed by atoms with E-state index in [-0.39, 0.29) is 5.97 Å². The second-order valence-corrected chi connectivity index (χ2v) is 8.66. The summed E-state index contributed by atoms with van der Waals surface area (Å²) >= 11 is 1.31. The first-order chi connectivity index (χ1) is 15.9. The maximum Gasteiger partial charge on any atom is 0.348 e. The number of imide groups is 1. The van der Waals surface area contributed by atoms with Gasteiger partial charge in [-0.2, -0.15) is 0 Å². The van der Waals surface area contributed by atoms with Gasteiger partial charge in [-0.15, -0.1) is 11.3 Å². The molecule has 1 unspecified atom stereocenters. The van der Waals surface area contributed by atoms with E-state index in [0.29, 0.717) is 29.2 Å². The summed E-state index contributed by atoms with van der Waals surface area (Å²) in [7, 11) is 0. The van der Waals surface area contributed by atoms with Gasteiger partial charge < -0.3 is 15.4 Å². The van der Waals surface area contributed by atoms with Crippen LogP contribution in [0.25, 0.3) is 10.1 Å². The molecule has 9 heteroatoms. The number of esters is 1. The minimum atomic E-state index is -1.18. The van der Waals surface area contributed by atoms with Crippen molar-refractivity contribution in [3.8, 4) is 0 Å². The molecule has 2 aromatic carbocycles. The van der Waals surface area contributed by atoms with Gasteiger partial charge in [0.15, 0.2) is 0 Å². The summed E-state index contributed by atoms with van der Waals surface area (Å²) in [5.74, 6) is -1.34. The van der Waals surface area contributed by atoms with Crippen LogP contribution in [-0.4, -0.2) is 41.9 Å². The molecular weight excluding hydrogens is 442 g/mol. The summed E-state index contributed by atoms with van der Waals surface area (Å²) in [4.78, 5) is 51.8. The molecule has 0 aliphatic carbocycles. The Morgan fingerprint density at radius 2 is 1.85 bits per heavy atom. The van der Waals surface area contributed by atoms with Gasteiger partial charge in [0.2, 0.25) is 5.91 Å². The maximum atomic E-state index is 13.2. The van der Waals surface area contributed by atoms with E-state index in [4.69, 9.17) is 4.74 Å². The molecule has 1 aliphatic rings. The van der Waals surface area contributed by atoms with Crippen molar-refractivity contribution < 1.29 is 23.9 Å². The van der Waals surface area contributed by atoms with Crippen LogP contribution in [-0.2, 0) is 19.9 Å². The molecular formula is C24H23N3O5S. The Morgan fingerprint density at radius 3 is 2.55 bits per heavy atom. The van der Waals surface area contributed by atoms with Crippen molar-refractivity contribution in [3.63, 3.8) is 0 Å². The Bertz CT molecular complexity index is 1240. The minimum absolute atomic E-state index is 0.292. The van der Waals surface area contributed by atoms with Gasteiger partial charge in [-0.1, -0.05) is 37.3 Å². The molecule has 1 aliphatic heterocycles. The Labute approximate surface area is 194 Å². The van der Waals surface area contributed by atoms with Gasteiger partial charge in [0, 0.05) is 10.4 Å². The number of hydrogen-bond donors (Lipinski definition) is 2. The molecule has 0 spiro atoms. The summed E-state index contributed by atoms with van der Waals surface area (Å²) in [5, 5.41) is 6.27. The molecule has 170 valence electrons. The quantitative estimate of drug-likeness (QED) is 0.407. The lowest BCUT2D eigenvalue weighted by atomic mass is 9.87. The largest absolute Gasteiger partial charge is 0.462 e. The van der Waals surface area contributed by atoms with Crippen molar-refractivity contribution in [2.75, 3.05) is 18.5 Å². The molecule has 1 saturated heterocycles. The minimum Gasteiger partial charge on any atom is -0.462 e. The molecule has 1 fully saturated rings. The van der Waals surface area contributed by atoms with E-state index in [0.717, 1.165) is 15.0 Å². The van der Waals surface area contributed by atoms with Crippen LogP contribution in [0.3, 0.4) is 0 Å². The van der Waals surface area contributed by atoms with Gasteiger partial charge in [0.1, 0.15) is 17.0 Å². The van der Waals surface area contributed by atoms with Crippen molar-refractivity contribution in [1.29, 1.82) is 0 Å². The topological polar surface area (TPSA) is 105 Å². The van der Waals surface area contributed by atoms with E-state index >= 15 is 0 Å². The number of nitrogens with zero attached hydrogens (tertiary/aromatic N) is 1. The third-order valence-electron chi connectivity index (χ3n) is 5.55. The Balaban J connectivity index is 1.48. The number of anilines is 1.